The Balaban J connectivity index is 2.43. The Morgan fingerprint density at radius 3 is 2.65 bits per heavy atom. The van der Waals surface area contributed by atoms with Crippen LogP contribution in [0.1, 0.15) is 15.9 Å². The number of para-hydroxylation sites is 1. The highest BCUT2D eigenvalue weighted by Crippen LogP contribution is 2.22. The summed E-state index contributed by atoms with van der Waals surface area (Å²) in [7, 11) is 1.43. The van der Waals surface area contributed by atoms with E-state index in [1.54, 1.807) is 30.3 Å². The van der Waals surface area contributed by atoms with Crippen molar-refractivity contribution >= 4 is 17.5 Å². The van der Waals surface area contributed by atoms with E-state index in [0.717, 1.165) is 0 Å². The molecule has 0 amide bonds. The second-order valence-corrected chi connectivity index (χ2v) is 4.55. The van der Waals surface area contributed by atoms with Crippen LogP contribution in [0.4, 0.5) is 5.69 Å². The first-order valence-corrected chi connectivity index (χ1v) is 6.60. The van der Waals surface area contributed by atoms with Crippen LogP contribution in [-0.2, 0) is 0 Å². The van der Waals surface area contributed by atoms with Crippen LogP contribution in [0, 0.1) is 21.4 Å². The number of hydrogen-bond acceptors (Lipinski definition) is 5. The normalized spacial score (nSPS) is 10.7. The highest BCUT2D eigenvalue weighted by atomic mass is 16.6. The van der Waals surface area contributed by atoms with E-state index in [1.807, 2.05) is 6.07 Å². The predicted octanol–water partition coefficient (Wildman–Crippen LogP) is 3.39. The van der Waals surface area contributed by atoms with Gasteiger partial charge in [0.25, 0.3) is 5.69 Å². The van der Waals surface area contributed by atoms with Gasteiger partial charge in [0.2, 0.25) is 5.78 Å². The van der Waals surface area contributed by atoms with Crippen LogP contribution in [-0.4, -0.2) is 17.8 Å². The molecule has 2 aromatic rings. The van der Waals surface area contributed by atoms with E-state index in [9.17, 15) is 20.2 Å². The van der Waals surface area contributed by atoms with Gasteiger partial charge in [-0.05, 0) is 23.8 Å². The van der Waals surface area contributed by atoms with Gasteiger partial charge in [0.05, 0.1) is 17.6 Å². The van der Waals surface area contributed by atoms with Gasteiger partial charge in [-0.25, -0.2) is 0 Å². The average molecular weight is 308 g/mol. The van der Waals surface area contributed by atoms with Crippen LogP contribution in [0.2, 0.25) is 0 Å². The third kappa shape index (κ3) is 3.60. The van der Waals surface area contributed by atoms with Crippen molar-refractivity contribution in [1.29, 1.82) is 5.26 Å². The number of ether oxygens (including phenoxy) is 1. The molecule has 0 atom stereocenters. The topological polar surface area (TPSA) is 93.2 Å². The van der Waals surface area contributed by atoms with E-state index in [1.165, 1.54) is 31.4 Å². The molecule has 114 valence electrons. The fourth-order valence-corrected chi connectivity index (χ4v) is 2.02. The summed E-state index contributed by atoms with van der Waals surface area (Å²) in [6.45, 7) is 0. The van der Waals surface area contributed by atoms with Gasteiger partial charge < -0.3 is 4.74 Å². The number of allylic oxidation sites excluding steroid dienone is 1. The average Bonchev–Trinajstić information content (AvgIpc) is 2.59. The molecule has 0 saturated heterocycles. The lowest BCUT2D eigenvalue weighted by Crippen LogP contribution is -2.04. The summed E-state index contributed by atoms with van der Waals surface area (Å²) in [6, 6.07) is 14.1. The largest absolute Gasteiger partial charge is 0.496 e. The Kier molecular flexibility index (Phi) is 4.85. The van der Waals surface area contributed by atoms with E-state index in [4.69, 9.17) is 4.74 Å². The van der Waals surface area contributed by atoms with Crippen LogP contribution in [0.5, 0.6) is 5.75 Å². The van der Waals surface area contributed by atoms with Crippen molar-refractivity contribution in [1.82, 2.24) is 0 Å². The summed E-state index contributed by atoms with van der Waals surface area (Å²) in [5.41, 5.74) is 0.419. The highest BCUT2D eigenvalue weighted by Gasteiger charge is 2.16. The van der Waals surface area contributed by atoms with Crippen molar-refractivity contribution in [3.8, 4) is 11.8 Å². The lowest BCUT2D eigenvalue weighted by Gasteiger charge is -2.06. The standard InChI is InChI=1S/C17H12N2O4/c1-23-16-8-3-2-7-15(16)17(20)13(11-18)9-12-5-4-6-14(10-12)19(21)22/h2-10H,1H3/b13-9+. The zero-order valence-corrected chi connectivity index (χ0v) is 12.2. The summed E-state index contributed by atoms with van der Waals surface area (Å²) < 4.78 is 5.12. The number of hydrogen-bond donors (Lipinski definition) is 0. The third-order valence-electron chi connectivity index (χ3n) is 3.11. The molecule has 0 aliphatic carbocycles. The van der Waals surface area contributed by atoms with Gasteiger partial charge in [-0.3, -0.25) is 14.9 Å². The number of Topliss-reactive ketones (excluding diaryl/α,β-unsaturated/α-hetero) is 1. The molecule has 0 unspecified atom stereocenters. The van der Waals surface area contributed by atoms with Gasteiger partial charge in [0.1, 0.15) is 17.4 Å². The fourth-order valence-electron chi connectivity index (χ4n) is 2.02. The minimum absolute atomic E-state index is 0.110. The number of nitro benzene ring substituents is 1. The molecule has 0 saturated carbocycles. The van der Waals surface area contributed by atoms with E-state index in [0.29, 0.717) is 11.3 Å². The first kappa shape index (κ1) is 15.9. The van der Waals surface area contributed by atoms with Crippen molar-refractivity contribution < 1.29 is 14.5 Å². The van der Waals surface area contributed by atoms with E-state index >= 15 is 0 Å². The summed E-state index contributed by atoms with van der Waals surface area (Å²) in [6.07, 6.45) is 1.32. The third-order valence-corrected chi connectivity index (χ3v) is 3.11. The van der Waals surface area contributed by atoms with Crippen molar-refractivity contribution in [2.24, 2.45) is 0 Å². The van der Waals surface area contributed by atoms with E-state index in [2.05, 4.69) is 0 Å². The molecule has 23 heavy (non-hydrogen) atoms. The maximum Gasteiger partial charge on any atom is 0.270 e. The fraction of sp³-hybridized carbons (Fsp3) is 0.0588. The number of carbonyl (C=O) groups is 1. The van der Waals surface area contributed by atoms with Crippen molar-refractivity contribution in [3.05, 3.63) is 75.3 Å². The zero-order valence-electron chi connectivity index (χ0n) is 12.2. The summed E-state index contributed by atoms with van der Waals surface area (Å²) in [5, 5.41) is 20.0. The monoisotopic (exact) mass is 308 g/mol. The number of carbonyl (C=O) groups excluding carboxylic acids is 1. The lowest BCUT2D eigenvalue weighted by atomic mass is 10.0. The number of rotatable bonds is 5. The number of benzene rings is 2. The first-order chi connectivity index (χ1) is 11.1. The van der Waals surface area contributed by atoms with E-state index in [-0.39, 0.29) is 16.8 Å². The minimum Gasteiger partial charge on any atom is -0.496 e. The molecule has 0 aliphatic heterocycles. The van der Waals surface area contributed by atoms with Crippen LogP contribution in [0.15, 0.2) is 54.1 Å². The molecule has 0 bridgehead atoms. The molecule has 0 fully saturated rings. The molecular weight excluding hydrogens is 296 g/mol. The molecule has 0 spiro atoms. The predicted molar refractivity (Wildman–Crippen MR) is 84.0 cm³/mol. The smallest absolute Gasteiger partial charge is 0.270 e. The molecule has 0 aliphatic rings. The number of nitriles is 1. The van der Waals surface area contributed by atoms with Gasteiger partial charge in [-0.1, -0.05) is 24.3 Å². The van der Waals surface area contributed by atoms with Crippen molar-refractivity contribution in [2.45, 2.75) is 0 Å². The molecule has 0 aromatic heterocycles. The molecule has 2 aromatic carbocycles. The maximum absolute atomic E-state index is 12.5. The molecule has 2 rings (SSSR count). The first-order valence-electron chi connectivity index (χ1n) is 6.60. The second kappa shape index (κ2) is 7.00. The molecular formula is C17H12N2O4. The maximum atomic E-state index is 12.5. The van der Waals surface area contributed by atoms with Crippen LogP contribution >= 0.6 is 0 Å². The number of non-ortho nitro benzene ring substituents is 1. The highest BCUT2D eigenvalue weighted by molar-refractivity contribution is 6.15. The quantitative estimate of drug-likeness (QED) is 0.277. The lowest BCUT2D eigenvalue weighted by molar-refractivity contribution is -0.384. The number of methoxy groups -OCH3 is 1. The molecule has 0 heterocycles. The van der Waals surface area contributed by atoms with Crippen LogP contribution in [0.3, 0.4) is 0 Å². The summed E-state index contributed by atoms with van der Waals surface area (Å²) in [4.78, 5) is 22.7. The SMILES string of the molecule is COc1ccccc1C(=O)/C(C#N)=C/c1cccc([N+](=O)[O-])c1. The van der Waals surface area contributed by atoms with E-state index < -0.39 is 10.7 Å². The molecule has 6 nitrogen and oxygen atoms in total. The zero-order chi connectivity index (χ0) is 16.8. The van der Waals surface area contributed by atoms with Gasteiger partial charge >= 0.3 is 0 Å². The Hall–Kier alpha value is -3.46. The number of ketones is 1. The van der Waals surface area contributed by atoms with Gasteiger partial charge in [0.15, 0.2) is 0 Å². The second-order valence-electron chi connectivity index (χ2n) is 4.55. The van der Waals surface area contributed by atoms with Gasteiger partial charge in [-0.15, -0.1) is 0 Å². The van der Waals surface area contributed by atoms with Crippen molar-refractivity contribution in [2.75, 3.05) is 7.11 Å². The van der Waals surface area contributed by atoms with Crippen LogP contribution < -0.4 is 4.74 Å². The molecule has 0 radical (unpaired) electrons. The van der Waals surface area contributed by atoms with Crippen molar-refractivity contribution in [3.63, 3.8) is 0 Å². The number of nitro groups is 1. The van der Waals surface area contributed by atoms with Gasteiger partial charge in [-0.2, -0.15) is 5.26 Å². The Morgan fingerprint density at radius 2 is 2.00 bits per heavy atom. The summed E-state index contributed by atoms with van der Waals surface area (Å²) >= 11 is 0. The molecule has 0 N–H and O–H groups in total. The van der Waals surface area contributed by atoms with Gasteiger partial charge in [0, 0.05) is 12.1 Å². The molecule has 6 heteroatoms. The van der Waals surface area contributed by atoms with Crippen LogP contribution in [0.25, 0.3) is 6.08 Å². The number of nitrogens with zero attached hydrogens (tertiary/aromatic N) is 2. The Labute approximate surface area is 132 Å². The minimum atomic E-state index is -0.536. The Bertz CT molecular complexity index is 834. The Morgan fingerprint density at radius 1 is 1.26 bits per heavy atom. The summed E-state index contributed by atoms with van der Waals surface area (Å²) in [5.74, 6) is -0.144.